The molecule has 0 aliphatic carbocycles. The Morgan fingerprint density at radius 3 is 2.53 bits per heavy atom. The van der Waals surface area contributed by atoms with E-state index in [2.05, 4.69) is 16.6 Å². The van der Waals surface area contributed by atoms with Crippen LogP contribution in [0.15, 0.2) is 41.6 Å². The van der Waals surface area contributed by atoms with E-state index in [9.17, 15) is 4.79 Å². The quantitative estimate of drug-likeness (QED) is 0.448. The van der Waals surface area contributed by atoms with Gasteiger partial charge < -0.3 is 9.74 Å². The number of hydrogen-bond donors (Lipinski definition) is 0. The summed E-state index contributed by atoms with van der Waals surface area (Å²) < 4.78 is 0. The van der Waals surface area contributed by atoms with Gasteiger partial charge in [-0.05, 0) is 31.5 Å². The first kappa shape index (κ1) is 15.0. The summed E-state index contributed by atoms with van der Waals surface area (Å²) >= 11 is 0. The molecule has 0 fully saturated rings. The number of rotatable bonds is 6. The second-order valence-electron chi connectivity index (χ2n) is 4.32. The van der Waals surface area contributed by atoms with E-state index in [4.69, 9.17) is 0 Å². The van der Waals surface area contributed by atoms with Crippen LogP contribution in [-0.4, -0.2) is 37.2 Å². The molecule has 0 saturated heterocycles. The number of benzene rings is 1. The van der Waals surface area contributed by atoms with Gasteiger partial charge in [0, 0.05) is 18.7 Å². The number of oxime groups is 1. The van der Waals surface area contributed by atoms with Gasteiger partial charge in [0.15, 0.2) is 0 Å². The summed E-state index contributed by atoms with van der Waals surface area (Å²) in [6.07, 6.45) is 1.60. The third kappa shape index (κ3) is 4.58. The second-order valence-corrected chi connectivity index (χ2v) is 4.32. The first-order valence-corrected chi connectivity index (χ1v) is 6.18. The van der Waals surface area contributed by atoms with Crippen molar-refractivity contribution in [1.29, 1.82) is 0 Å². The zero-order chi connectivity index (χ0) is 14.3. The summed E-state index contributed by atoms with van der Waals surface area (Å²) in [5.74, 6) is 0.0146. The lowest BCUT2D eigenvalue weighted by atomic mass is 10.1. The highest BCUT2D eigenvalue weighted by atomic mass is 16.6. The molecular formula is C15H20N2O2. The summed E-state index contributed by atoms with van der Waals surface area (Å²) in [7, 11) is 1.49. The normalized spacial score (nSPS) is 10.5. The predicted molar refractivity (Wildman–Crippen MR) is 77.4 cm³/mol. The summed E-state index contributed by atoms with van der Waals surface area (Å²) in [5.41, 5.74) is 2.53. The van der Waals surface area contributed by atoms with Gasteiger partial charge in [-0.1, -0.05) is 29.4 Å². The van der Waals surface area contributed by atoms with E-state index in [1.165, 1.54) is 7.11 Å². The minimum Gasteiger partial charge on any atom is -0.399 e. The highest BCUT2D eigenvalue weighted by molar-refractivity contribution is 5.95. The van der Waals surface area contributed by atoms with Crippen molar-refractivity contribution < 1.29 is 9.63 Å². The number of amides is 1. The van der Waals surface area contributed by atoms with Crippen LogP contribution in [0, 0.1) is 0 Å². The molecule has 0 aliphatic rings. The van der Waals surface area contributed by atoms with Crippen molar-refractivity contribution in [3.8, 4) is 0 Å². The van der Waals surface area contributed by atoms with E-state index < -0.39 is 0 Å². The predicted octanol–water partition coefficient (Wildman–Crippen LogP) is 2.71. The van der Waals surface area contributed by atoms with E-state index >= 15 is 0 Å². The minimum absolute atomic E-state index is 0.0146. The average molecular weight is 260 g/mol. The van der Waals surface area contributed by atoms with Gasteiger partial charge in [-0.3, -0.25) is 4.79 Å². The molecule has 0 bridgehead atoms. The van der Waals surface area contributed by atoms with Crippen molar-refractivity contribution in [2.45, 2.75) is 13.8 Å². The monoisotopic (exact) mass is 260 g/mol. The topological polar surface area (TPSA) is 41.9 Å². The molecule has 0 aromatic heterocycles. The summed E-state index contributed by atoms with van der Waals surface area (Å²) in [6.45, 7) is 8.97. The summed E-state index contributed by atoms with van der Waals surface area (Å²) in [5, 5.41) is 3.68. The number of likely N-dealkylation sites (N-methyl/N-ethyl adjacent to an activating group) is 1. The Kier molecular flexibility index (Phi) is 5.79. The molecule has 0 aliphatic heterocycles. The van der Waals surface area contributed by atoms with Crippen molar-refractivity contribution in [2.75, 3.05) is 20.2 Å². The van der Waals surface area contributed by atoms with Gasteiger partial charge in [0.1, 0.15) is 7.11 Å². The lowest BCUT2D eigenvalue weighted by Gasteiger charge is -2.21. The van der Waals surface area contributed by atoms with E-state index in [0.717, 1.165) is 11.1 Å². The van der Waals surface area contributed by atoms with Crippen LogP contribution in [0.2, 0.25) is 0 Å². The number of nitrogens with zero attached hydrogens (tertiary/aromatic N) is 2. The van der Waals surface area contributed by atoms with E-state index in [1.807, 2.05) is 26.0 Å². The highest BCUT2D eigenvalue weighted by Gasteiger charge is 2.13. The number of carbonyl (C=O) groups excluding carboxylic acids is 1. The maximum absolute atomic E-state index is 12.3. The molecule has 102 valence electrons. The van der Waals surface area contributed by atoms with Crippen LogP contribution in [0.1, 0.15) is 29.8 Å². The fourth-order valence-corrected chi connectivity index (χ4v) is 1.66. The zero-order valence-corrected chi connectivity index (χ0v) is 11.7. The Morgan fingerprint density at radius 1 is 1.42 bits per heavy atom. The van der Waals surface area contributed by atoms with Gasteiger partial charge >= 0.3 is 0 Å². The number of carbonyl (C=O) groups is 1. The summed E-state index contributed by atoms with van der Waals surface area (Å²) in [6, 6.07) is 7.26. The van der Waals surface area contributed by atoms with Crippen LogP contribution in [-0.2, 0) is 4.84 Å². The standard InChI is InChI=1S/C15H20N2O2/c1-5-17(11-12(2)3)15(18)14-8-6-13(7-9-14)10-16-19-4/h6-10H,2,5,11H2,1,3-4H3/b16-10+. The van der Waals surface area contributed by atoms with E-state index in [0.29, 0.717) is 18.7 Å². The van der Waals surface area contributed by atoms with Crippen molar-refractivity contribution in [1.82, 2.24) is 4.90 Å². The summed E-state index contributed by atoms with van der Waals surface area (Å²) in [4.78, 5) is 18.6. The molecule has 0 atom stereocenters. The van der Waals surface area contributed by atoms with Crippen molar-refractivity contribution in [2.24, 2.45) is 5.16 Å². The molecule has 4 nitrogen and oxygen atoms in total. The zero-order valence-electron chi connectivity index (χ0n) is 11.7. The smallest absolute Gasteiger partial charge is 0.254 e. The minimum atomic E-state index is 0.0146. The van der Waals surface area contributed by atoms with Crippen molar-refractivity contribution in [3.05, 3.63) is 47.5 Å². The van der Waals surface area contributed by atoms with Gasteiger partial charge in [-0.25, -0.2) is 0 Å². The first-order valence-electron chi connectivity index (χ1n) is 6.18. The van der Waals surface area contributed by atoms with Gasteiger partial charge in [0.2, 0.25) is 0 Å². The Morgan fingerprint density at radius 2 is 2.05 bits per heavy atom. The Balaban J connectivity index is 2.81. The van der Waals surface area contributed by atoms with Crippen molar-refractivity contribution in [3.63, 3.8) is 0 Å². The molecule has 1 rings (SSSR count). The molecule has 0 saturated carbocycles. The Hall–Kier alpha value is -2.10. The molecule has 0 N–H and O–H groups in total. The molecule has 1 aromatic carbocycles. The van der Waals surface area contributed by atoms with Gasteiger partial charge in [-0.15, -0.1) is 0 Å². The van der Waals surface area contributed by atoms with Crippen LogP contribution in [0.3, 0.4) is 0 Å². The lowest BCUT2D eigenvalue weighted by Crippen LogP contribution is -2.32. The van der Waals surface area contributed by atoms with E-state index in [1.54, 1.807) is 23.2 Å². The van der Waals surface area contributed by atoms with Gasteiger partial charge in [0.05, 0.1) is 6.21 Å². The van der Waals surface area contributed by atoms with Crippen LogP contribution in [0.4, 0.5) is 0 Å². The fraction of sp³-hybridized carbons (Fsp3) is 0.333. The van der Waals surface area contributed by atoms with Crippen LogP contribution < -0.4 is 0 Å². The molecule has 0 unspecified atom stereocenters. The van der Waals surface area contributed by atoms with Crippen molar-refractivity contribution >= 4 is 12.1 Å². The Labute approximate surface area is 114 Å². The lowest BCUT2D eigenvalue weighted by molar-refractivity contribution is 0.0778. The van der Waals surface area contributed by atoms with Gasteiger partial charge in [0.25, 0.3) is 5.91 Å². The first-order chi connectivity index (χ1) is 9.08. The SMILES string of the molecule is C=C(C)CN(CC)C(=O)c1ccc(/C=N/OC)cc1. The second kappa shape index (κ2) is 7.36. The van der Waals surface area contributed by atoms with Crippen LogP contribution in [0.5, 0.6) is 0 Å². The molecule has 0 radical (unpaired) electrons. The molecule has 1 amide bonds. The van der Waals surface area contributed by atoms with Gasteiger partial charge in [-0.2, -0.15) is 0 Å². The van der Waals surface area contributed by atoms with E-state index in [-0.39, 0.29) is 5.91 Å². The molecule has 19 heavy (non-hydrogen) atoms. The molecular weight excluding hydrogens is 240 g/mol. The fourth-order valence-electron chi connectivity index (χ4n) is 1.66. The Bertz CT molecular complexity index is 464. The maximum Gasteiger partial charge on any atom is 0.254 e. The van der Waals surface area contributed by atoms with Crippen LogP contribution >= 0.6 is 0 Å². The molecule has 4 heteroatoms. The average Bonchev–Trinajstić information content (AvgIpc) is 2.42. The molecule has 0 heterocycles. The van der Waals surface area contributed by atoms with Crippen LogP contribution in [0.25, 0.3) is 0 Å². The maximum atomic E-state index is 12.3. The molecule has 0 spiro atoms. The molecule has 1 aromatic rings. The third-order valence-corrected chi connectivity index (χ3v) is 2.59. The highest BCUT2D eigenvalue weighted by Crippen LogP contribution is 2.08. The number of hydrogen-bond acceptors (Lipinski definition) is 3. The third-order valence-electron chi connectivity index (χ3n) is 2.59. The largest absolute Gasteiger partial charge is 0.399 e.